The van der Waals surface area contributed by atoms with Gasteiger partial charge in [0.15, 0.2) is 5.76 Å². The van der Waals surface area contributed by atoms with Crippen LogP contribution in [0.5, 0.6) is 0 Å². The van der Waals surface area contributed by atoms with Crippen molar-refractivity contribution in [1.82, 2.24) is 9.21 Å². The number of furan rings is 1. The smallest absolute Gasteiger partial charge is 0.289 e. The molecule has 0 saturated carbocycles. The molecule has 0 aliphatic carbocycles. The number of anilines is 1. The largest absolute Gasteiger partial charge is 0.459 e. The molecule has 9 heteroatoms. The lowest BCUT2D eigenvalue weighted by molar-refractivity contribution is -0.115. The van der Waals surface area contributed by atoms with Gasteiger partial charge >= 0.3 is 0 Å². The minimum atomic E-state index is -3.66. The molecule has 8 nitrogen and oxygen atoms in total. The third-order valence-electron chi connectivity index (χ3n) is 4.35. The van der Waals surface area contributed by atoms with Gasteiger partial charge in [-0.25, -0.2) is 8.42 Å². The van der Waals surface area contributed by atoms with Crippen molar-refractivity contribution in [2.45, 2.75) is 18.2 Å². The van der Waals surface area contributed by atoms with Crippen molar-refractivity contribution in [3.8, 4) is 0 Å². The molecule has 2 amide bonds. The number of nitrogens with one attached hydrogen (secondary N) is 1. The zero-order valence-corrected chi connectivity index (χ0v) is 15.7. The Morgan fingerprint density at radius 1 is 1.07 bits per heavy atom. The highest BCUT2D eigenvalue weighted by Gasteiger charge is 2.31. The zero-order valence-electron chi connectivity index (χ0n) is 14.9. The Bertz CT molecular complexity index is 899. The van der Waals surface area contributed by atoms with Crippen molar-refractivity contribution < 1.29 is 22.4 Å². The molecule has 2 aromatic rings. The number of carbonyl (C=O) groups is 2. The second-order valence-electron chi connectivity index (χ2n) is 6.10. The molecule has 1 aliphatic rings. The monoisotopic (exact) mass is 391 g/mol. The number of carbonyl (C=O) groups excluding carboxylic acids is 2. The molecule has 0 bridgehead atoms. The summed E-state index contributed by atoms with van der Waals surface area (Å²) in [6.45, 7) is 2.75. The highest BCUT2D eigenvalue weighted by atomic mass is 32.2. The molecule has 1 aromatic heterocycles. The fourth-order valence-corrected chi connectivity index (χ4v) is 4.22. The van der Waals surface area contributed by atoms with E-state index in [4.69, 9.17) is 4.42 Å². The van der Waals surface area contributed by atoms with Gasteiger partial charge in [0.25, 0.3) is 5.91 Å². The maximum atomic E-state index is 12.8. The van der Waals surface area contributed by atoms with E-state index in [-0.39, 0.29) is 35.6 Å². The fraction of sp³-hybridized carbons (Fsp3) is 0.333. The fourth-order valence-electron chi connectivity index (χ4n) is 2.80. The van der Waals surface area contributed by atoms with E-state index in [0.29, 0.717) is 25.2 Å². The molecular formula is C18H21N3O5S. The Labute approximate surface area is 157 Å². The van der Waals surface area contributed by atoms with Crippen molar-refractivity contribution in [1.29, 1.82) is 0 Å². The van der Waals surface area contributed by atoms with Crippen molar-refractivity contribution in [3.63, 3.8) is 0 Å². The Morgan fingerprint density at radius 3 is 2.30 bits per heavy atom. The first kappa shape index (κ1) is 19.1. The summed E-state index contributed by atoms with van der Waals surface area (Å²) >= 11 is 0. The van der Waals surface area contributed by atoms with E-state index in [0.717, 1.165) is 0 Å². The van der Waals surface area contributed by atoms with Crippen LogP contribution in [0.4, 0.5) is 5.69 Å². The Kier molecular flexibility index (Phi) is 5.62. The molecule has 1 saturated heterocycles. The van der Waals surface area contributed by atoms with Gasteiger partial charge in [-0.2, -0.15) is 4.31 Å². The molecular weight excluding hydrogens is 370 g/mol. The molecule has 27 heavy (non-hydrogen) atoms. The average Bonchev–Trinajstić information content (AvgIpc) is 3.22. The Balaban J connectivity index is 1.64. The first-order valence-corrected chi connectivity index (χ1v) is 10.1. The van der Waals surface area contributed by atoms with Gasteiger partial charge in [-0.05, 0) is 36.4 Å². The van der Waals surface area contributed by atoms with Gasteiger partial charge < -0.3 is 14.6 Å². The van der Waals surface area contributed by atoms with Crippen molar-refractivity contribution in [2.24, 2.45) is 0 Å². The van der Waals surface area contributed by atoms with Gasteiger partial charge in [0.2, 0.25) is 15.9 Å². The van der Waals surface area contributed by atoms with Crippen LogP contribution in [0, 0.1) is 0 Å². The second kappa shape index (κ2) is 7.93. The summed E-state index contributed by atoms with van der Waals surface area (Å²) in [4.78, 5) is 25.4. The van der Waals surface area contributed by atoms with E-state index in [1.165, 1.54) is 22.7 Å². The van der Waals surface area contributed by atoms with Crippen LogP contribution in [0.25, 0.3) is 0 Å². The molecule has 0 spiro atoms. The zero-order chi connectivity index (χ0) is 19.4. The summed E-state index contributed by atoms with van der Waals surface area (Å²) in [5, 5.41) is 2.68. The first-order chi connectivity index (χ1) is 12.9. The van der Waals surface area contributed by atoms with Crippen LogP contribution < -0.4 is 5.32 Å². The van der Waals surface area contributed by atoms with Crippen molar-refractivity contribution in [2.75, 3.05) is 31.5 Å². The van der Waals surface area contributed by atoms with E-state index in [1.807, 2.05) is 0 Å². The lowest BCUT2D eigenvalue weighted by Crippen LogP contribution is -2.50. The summed E-state index contributed by atoms with van der Waals surface area (Å²) in [5.74, 6) is -0.132. The minimum Gasteiger partial charge on any atom is -0.459 e. The number of hydrogen-bond acceptors (Lipinski definition) is 5. The quantitative estimate of drug-likeness (QED) is 0.837. The van der Waals surface area contributed by atoms with Crippen molar-refractivity contribution >= 4 is 27.5 Å². The van der Waals surface area contributed by atoms with Crippen LogP contribution in [-0.2, 0) is 14.8 Å². The van der Waals surface area contributed by atoms with E-state index >= 15 is 0 Å². The highest BCUT2D eigenvalue weighted by molar-refractivity contribution is 7.89. The molecule has 144 valence electrons. The van der Waals surface area contributed by atoms with E-state index < -0.39 is 10.0 Å². The molecule has 1 N–H and O–H groups in total. The van der Waals surface area contributed by atoms with Gasteiger partial charge in [0, 0.05) is 38.3 Å². The van der Waals surface area contributed by atoms with Gasteiger partial charge in [-0.3, -0.25) is 9.59 Å². The number of sulfonamides is 1. The van der Waals surface area contributed by atoms with Gasteiger partial charge in [0.05, 0.1) is 11.2 Å². The number of nitrogens with zero attached hydrogens (tertiary/aromatic N) is 2. The highest BCUT2D eigenvalue weighted by Crippen LogP contribution is 2.20. The maximum Gasteiger partial charge on any atom is 0.289 e. The number of amides is 2. The molecule has 2 heterocycles. The summed E-state index contributed by atoms with van der Waals surface area (Å²) in [6, 6.07) is 9.31. The number of benzene rings is 1. The predicted molar refractivity (Wildman–Crippen MR) is 98.7 cm³/mol. The summed E-state index contributed by atoms with van der Waals surface area (Å²) in [5.41, 5.74) is 0.551. The minimum absolute atomic E-state index is 0.136. The molecule has 1 aliphatic heterocycles. The third-order valence-corrected chi connectivity index (χ3v) is 6.27. The standard InChI is InChI=1S/C18H21N3O5S/c1-2-17(22)19-14-5-7-15(8-6-14)27(24,25)21-11-9-20(10-12-21)18(23)16-4-3-13-26-16/h3-8,13H,2,9-12H2,1H3,(H,19,22). The van der Waals surface area contributed by atoms with E-state index in [2.05, 4.69) is 5.32 Å². The van der Waals surface area contributed by atoms with Crippen LogP contribution in [0.3, 0.4) is 0 Å². The summed E-state index contributed by atoms with van der Waals surface area (Å²) < 4.78 is 32.1. The first-order valence-electron chi connectivity index (χ1n) is 8.64. The van der Waals surface area contributed by atoms with Crippen LogP contribution >= 0.6 is 0 Å². The molecule has 0 atom stereocenters. The summed E-state index contributed by atoms with van der Waals surface area (Å²) in [6.07, 6.45) is 1.78. The normalized spacial score (nSPS) is 15.5. The predicted octanol–water partition coefficient (Wildman–Crippen LogP) is 1.77. The number of piperazine rings is 1. The van der Waals surface area contributed by atoms with E-state index in [1.54, 1.807) is 36.1 Å². The average molecular weight is 391 g/mol. The summed E-state index contributed by atoms with van der Waals surface area (Å²) in [7, 11) is -3.66. The van der Waals surface area contributed by atoms with Crippen LogP contribution in [0.2, 0.25) is 0 Å². The van der Waals surface area contributed by atoms with E-state index in [9.17, 15) is 18.0 Å². The molecule has 0 unspecified atom stereocenters. The number of rotatable bonds is 5. The maximum absolute atomic E-state index is 12.8. The van der Waals surface area contributed by atoms with Crippen LogP contribution in [-0.4, -0.2) is 55.6 Å². The van der Waals surface area contributed by atoms with Crippen molar-refractivity contribution in [3.05, 3.63) is 48.4 Å². The van der Waals surface area contributed by atoms with Crippen LogP contribution in [0.1, 0.15) is 23.9 Å². The van der Waals surface area contributed by atoms with Gasteiger partial charge in [-0.1, -0.05) is 6.92 Å². The van der Waals surface area contributed by atoms with Crippen LogP contribution in [0.15, 0.2) is 52.0 Å². The third kappa shape index (κ3) is 4.20. The Hall–Kier alpha value is -2.65. The Morgan fingerprint density at radius 2 is 1.74 bits per heavy atom. The topological polar surface area (TPSA) is 99.9 Å². The second-order valence-corrected chi connectivity index (χ2v) is 8.04. The lowest BCUT2D eigenvalue weighted by Gasteiger charge is -2.33. The molecule has 1 aromatic carbocycles. The SMILES string of the molecule is CCC(=O)Nc1ccc(S(=O)(=O)N2CCN(C(=O)c3ccco3)CC2)cc1. The molecule has 3 rings (SSSR count). The van der Waals surface area contributed by atoms with Gasteiger partial charge in [-0.15, -0.1) is 0 Å². The van der Waals surface area contributed by atoms with Gasteiger partial charge in [0.1, 0.15) is 0 Å². The molecule has 0 radical (unpaired) electrons. The number of hydrogen-bond donors (Lipinski definition) is 1. The lowest BCUT2D eigenvalue weighted by atomic mass is 10.3. The molecule has 1 fully saturated rings.